The molecule has 13 nitrogen and oxygen atoms in total. The molecular formula is C26H31N9O4S2. The van der Waals surface area contributed by atoms with Gasteiger partial charge in [-0.15, -0.1) is 0 Å². The summed E-state index contributed by atoms with van der Waals surface area (Å²) in [6.45, 7) is 6.66. The monoisotopic (exact) mass is 597 g/mol. The number of pyridine rings is 1. The fourth-order valence-electron chi connectivity index (χ4n) is 5.22. The number of nitrogens with zero attached hydrogens (tertiary/aromatic N) is 8. The Balaban J connectivity index is 1.38. The molecule has 6 rings (SSSR count). The first-order chi connectivity index (χ1) is 19.4. The van der Waals surface area contributed by atoms with Gasteiger partial charge >= 0.3 is 0 Å². The molecule has 1 saturated carbocycles. The third-order valence-corrected chi connectivity index (χ3v) is 10.7. The van der Waals surface area contributed by atoms with Crippen LogP contribution in [0, 0.1) is 5.92 Å². The summed E-state index contributed by atoms with van der Waals surface area (Å²) in [6.07, 6.45) is 10.4. The van der Waals surface area contributed by atoms with Crippen LogP contribution in [-0.2, 0) is 19.9 Å². The van der Waals surface area contributed by atoms with E-state index in [0.717, 1.165) is 26.2 Å². The van der Waals surface area contributed by atoms with E-state index in [-0.39, 0.29) is 28.9 Å². The average Bonchev–Trinajstić information content (AvgIpc) is 3.67. The summed E-state index contributed by atoms with van der Waals surface area (Å²) >= 11 is 0. The SMILES string of the molecule is CC(C)c1nc(Nc2ccnc(-c3cnn(S(=O)(=O)C4CC4)c3)n2)c(N2C[C@H](CS(C)(=O)=O)[C@H]2C)c2cnncc12. The summed E-state index contributed by atoms with van der Waals surface area (Å²) in [5.74, 6) is 1.51. The molecule has 1 saturated heterocycles. The van der Waals surface area contributed by atoms with E-state index in [9.17, 15) is 16.8 Å². The van der Waals surface area contributed by atoms with Gasteiger partial charge in [0.25, 0.3) is 10.0 Å². The third-order valence-electron chi connectivity index (χ3n) is 7.60. The van der Waals surface area contributed by atoms with Gasteiger partial charge in [0.1, 0.15) is 15.7 Å². The molecule has 2 aliphatic rings. The molecule has 0 unspecified atom stereocenters. The molecule has 1 N–H and O–H groups in total. The molecule has 1 aliphatic heterocycles. The van der Waals surface area contributed by atoms with Crippen molar-refractivity contribution in [3.63, 3.8) is 0 Å². The number of rotatable bonds is 9. The van der Waals surface area contributed by atoms with E-state index in [1.165, 1.54) is 18.6 Å². The maximum Gasteiger partial charge on any atom is 0.256 e. The lowest BCUT2D eigenvalue weighted by atomic mass is 9.90. The second kappa shape index (κ2) is 9.98. The minimum Gasteiger partial charge on any atom is -0.365 e. The Morgan fingerprint density at radius 2 is 1.78 bits per heavy atom. The average molecular weight is 598 g/mol. The first-order valence-electron chi connectivity index (χ1n) is 13.4. The van der Waals surface area contributed by atoms with Gasteiger partial charge in [-0.2, -0.15) is 19.4 Å². The molecule has 0 radical (unpaired) electrons. The van der Waals surface area contributed by atoms with Crippen LogP contribution in [0.2, 0.25) is 0 Å². The number of anilines is 3. The van der Waals surface area contributed by atoms with Crippen molar-refractivity contribution in [1.29, 1.82) is 0 Å². The Kier molecular flexibility index (Phi) is 6.68. The zero-order valence-electron chi connectivity index (χ0n) is 23.1. The summed E-state index contributed by atoms with van der Waals surface area (Å²) in [4.78, 5) is 16.1. The van der Waals surface area contributed by atoms with Gasteiger partial charge in [0.15, 0.2) is 11.6 Å². The molecule has 0 spiro atoms. The minimum absolute atomic E-state index is 0.0124. The maximum absolute atomic E-state index is 12.6. The molecule has 4 aromatic rings. The topological polar surface area (TPSA) is 166 Å². The van der Waals surface area contributed by atoms with E-state index in [0.29, 0.717) is 42.4 Å². The summed E-state index contributed by atoms with van der Waals surface area (Å²) in [6, 6.07) is 1.66. The molecule has 0 bridgehead atoms. The highest BCUT2D eigenvalue weighted by Crippen LogP contribution is 2.43. The Bertz CT molecular complexity index is 1850. The van der Waals surface area contributed by atoms with E-state index in [4.69, 9.17) is 4.98 Å². The number of hydrogen-bond acceptors (Lipinski definition) is 12. The van der Waals surface area contributed by atoms with Crippen molar-refractivity contribution in [2.45, 2.75) is 50.8 Å². The second-order valence-corrected chi connectivity index (χ2v) is 15.4. The van der Waals surface area contributed by atoms with Crippen molar-refractivity contribution in [1.82, 2.24) is 34.3 Å². The highest BCUT2D eigenvalue weighted by Gasteiger charge is 2.40. The predicted octanol–water partition coefficient (Wildman–Crippen LogP) is 2.75. The number of sulfone groups is 1. The zero-order valence-corrected chi connectivity index (χ0v) is 24.8. The van der Waals surface area contributed by atoms with E-state index < -0.39 is 19.9 Å². The van der Waals surface area contributed by atoms with Crippen molar-refractivity contribution in [3.05, 3.63) is 42.7 Å². The van der Waals surface area contributed by atoms with Crippen molar-refractivity contribution in [3.8, 4) is 11.4 Å². The number of nitrogens with one attached hydrogen (secondary N) is 1. The molecule has 0 aromatic carbocycles. The van der Waals surface area contributed by atoms with Crippen LogP contribution in [0.15, 0.2) is 37.1 Å². The normalized spacial score (nSPS) is 19.5. The van der Waals surface area contributed by atoms with E-state index >= 15 is 0 Å². The van der Waals surface area contributed by atoms with Crippen LogP contribution in [0.5, 0.6) is 0 Å². The predicted molar refractivity (Wildman–Crippen MR) is 155 cm³/mol. The van der Waals surface area contributed by atoms with Gasteiger partial charge < -0.3 is 10.2 Å². The highest BCUT2D eigenvalue weighted by molar-refractivity contribution is 7.90. The van der Waals surface area contributed by atoms with Gasteiger partial charge in [0, 0.05) is 41.7 Å². The first-order valence-corrected chi connectivity index (χ1v) is 17.0. The standard InChI is InChI=1S/C26H31N9O4S2/c1-15(2)23-20-10-28-29-11-21(20)24(34-12-18(16(34)3)14-40(4,36)37)26(33-23)32-22-7-8-27-25(31-22)17-9-30-35(13-17)41(38,39)19-5-6-19/h7-11,13,15-16,18-19H,5-6,12,14H2,1-4H3,(H,27,31,32,33)/t16-,18-/m1/s1. The van der Waals surface area contributed by atoms with Gasteiger partial charge in [-0.1, -0.05) is 13.8 Å². The van der Waals surface area contributed by atoms with E-state index in [1.807, 2.05) is 6.92 Å². The van der Waals surface area contributed by atoms with Crippen molar-refractivity contribution < 1.29 is 16.8 Å². The summed E-state index contributed by atoms with van der Waals surface area (Å²) in [5.41, 5.74) is 2.10. The Hall–Kier alpha value is -3.72. The smallest absolute Gasteiger partial charge is 0.256 e. The van der Waals surface area contributed by atoms with Crippen LogP contribution in [0.25, 0.3) is 22.2 Å². The fraction of sp³-hybridized carbons (Fsp3) is 0.462. The van der Waals surface area contributed by atoms with Crippen LogP contribution >= 0.6 is 0 Å². The number of hydrogen-bond donors (Lipinski definition) is 1. The number of aromatic nitrogens is 7. The van der Waals surface area contributed by atoms with Gasteiger partial charge in [0.05, 0.1) is 52.7 Å². The quantitative estimate of drug-likeness (QED) is 0.300. The van der Waals surface area contributed by atoms with E-state index in [1.54, 1.807) is 24.7 Å². The largest absolute Gasteiger partial charge is 0.365 e. The summed E-state index contributed by atoms with van der Waals surface area (Å²) in [7, 11) is -6.63. The molecular weight excluding hydrogens is 566 g/mol. The molecule has 5 heterocycles. The summed E-state index contributed by atoms with van der Waals surface area (Å²) in [5, 5.41) is 17.0. The highest BCUT2D eigenvalue weighted by atomic mass is 32.2. The van der Waals surface area contributed by atoms with Crippen LogP contribution in [-0.4, -0.2) is 81.0 Å². The molecule has 2 fully saturated rings. The Labute approximate surface area is 238 Å². The van der Waals surface area contributed by atoms with E-state index in [2.05, 4.69) is 49.3 Å². The second-order valence-electron chi connectivity index (χ2n) is 11.1. The maximum atomic E-state index is 12.6. The van der Waals surface area contributed by atoms with Crippen LogP contribution in [0.1, 0.15) is 45.2 Å². The molecule has 216 valence electrons. The van der Waals surface area contributed by atoms with Crippen molar-refractivity contribution in [2.75, 3.05) is 28.8 Å². The first kappa shape index (κ1) is 27.4. The zero-order chi connectivity index (χ0) is 29.1. The minimum atomic E-state index is -3.51. The lowest BCUT2D eigenvalue weighted by molar-refractivity contribution is 0.342. The molecule has 4 aromatic heterocycles. The van der Waals surface area contributed by atoms with Crippen molar-refractivity contribution in [2.24, 2.45) is 5.92 Å². The lowest BCUT2D eigenvalue weighted by Gasteiger charge is -2.48. The lowest BCUT2D eigenvalue weighted by Crippen LogP contribution is -2.57. The van der Waals surface area contributed by atoms with Gasteiger partial charge in [-0.05, 0) is 31.7 Å². The third kappa shape index (κ3) is 5.23. The molecule has 0 amide bonds. The van der Waals surface area contributed by atoms with Gasteiger partial charge in [0.2, 0.25) is 0 Å². The number of fused-ring (bicyclic) bond motifs is 1. The van der Waals surface area contributed by atoms with Crippen LogP contribution in [0.3, 0.4) is 0 Å². The van der Waals surface area contributed by atoms with Gasteiger partial charge in [-0.3, -0.25) is 0 Å². The molecule has 41 heavy (non-hydrogen) atoms. The van der Waals surface area contributed by atoms with Gasteiger partial charge in [-0.25, -0.2) is 31.8 Å². The van der Waals surface area contributed by atoms with Crippen molar-refractivity contribution >= 4 is 48.0 Å². The molecule has 1 aliphatic carbocycles. The molecule has 2 atom stereocenters. The molecule has 15 heteroatoms. The Morgan fingerprint density at radius 1 is 1.05 bits per heavy atom. The Morgan fingerprint density at radius 3 is 2.44 bits per heavy atom. The fourth-order valence-corrected chi connectivity index (χ4v) is 7.86. The summed E-state index contributed by atoms with van der Waals surface area (Å²) < 4.78 is 50.2. The van der Waals surface area contributed by atoms with Crippen LogP contribution < -0.4 is 10.2 Å². The van der Waals surface area contributed by atoms with Crippen LogP contribution in [0.4, 0.5) is 17.3 Å².